The zero-order valence-electron chi connectivity index (χ0n) is 16.2. The lowest BCUT2D eigenvalue weighted by molar-refractivity contribution is -0.115. The SMILES string of the molecule is COc1ccccc1/C=C/C(=O)NC(=S)Nc1cccc(C(=O)N2CCCC2)c1. The highest BCUT2D eigenvalue weighted by Crippen LogP contribution is 2.19. The van der Waals surface area contributed by atoms with Gasteiger partial charge in [0.2, 0.25) is 5.91 Å². The summed E-state index contributed by atoms with van der Waals surface area (Å²) in [6, 6.07) is 14.5. The second-order valence-electron chi connectivity index (χ2n) is 6.60. The lowest BCUT2D eigenvalue weighted by atomic mass is 10.2. The van der Waals surface area contributed by atoms with Crippen LogP contribution >= 0.6 is 12.2 Å². The van der Waals surface area contributed by atoms with Gasteiger partial charge >= 0.3 is 0 Å². The Labute approximate surface area is 175 Å². The van der Waals surface area contributed by atoms with Crippen molar-refractivity contribution in [3.8, 4) is 5.75 Å². The largest absolute Gasteiger partial charge is 0.496 e. The van der Waals surface area contributed by atoms with E-state index in [1.54, 1.807) is 37.5 Å². The van der Waals surface area contributed by atoms with Crippen molar-refractivity contribution in [3.63, 3.8) is 0 Å². The molecule has 0 spiro atoms. The van der Waals surface area contributed by atoms with Crippen LogP contribution in [0.3, 0.4) is 0 Å². The van der Waals surface area contributed by atoms with Gasteiger partial charge in [0.15, 0.2) is 5.11 Å². The van der Waals surface area contributed by atoms with Crippen LogP contribution in [-0.2, 0) is 4.79 Å². The number of amides is 2. The summed E-state index contributed by atoms with van der Waals surface area (Å²) in [6.45, 7) is 1.59. The minimum atomic E-state index is -0.363. The van der Waals surface area contributed by atoms with Gasteiger partial charge in [0, 0.05) is 36.0 Å². The van der Waals surface area contributed by atoms with Gasteiger partial charge in [0.1, 0.15) is 5.75 Å². The number of hydrogen-bond donors (Lipinski definition) is 2. The molecule has 2 amide bonds. The summed E-state index contributed by atoms with van der Waals surface area (Å²) >= 11 is 5.21. The van der Waals surface area contributed by atoms with Crippen molar-refractivity contribution in [1.82, 2.24) is 10.2 Å². The first-order chi connectivity index (χ1) is 14.1. The molecule has 1 aliphatic heterocycles. The third-order valence-electron chi connectivity index (χ3n) is 4.55. The average molecular weight is 410 g/mol. The highest BCUT2D eigenvalue weighted by molar-refractivity contribution is 7.80. The quantitative estimate of drug-likeness (QED) is 0.585. The molecule has 2 N–H and O–H groups in total. The van der Waals surface area contributed by atoms with E-state index in [-0.39, 0.29) is 16.9 Å². The molecule has 2 aromatic carbocycles. The van der Waals surface area contributed by atoms with Crippen molar-refractivity contribution in [3.05, 3.63) is 65.7 Å². The number of likely N-dealkylation sites (tertiary alicyclic amines) is 1. The van der Waals surface area contributed by atoms with Crippen LogP contribution in [-0.4, -0.2) is 42.0 Å². The van der Waals surface area contributed by atoms with Crippen LogP contribution in [0.25, 0.3) is 6.08 Å². The number of carbonyl (C=O) groups excluding carboxylic acids is 2. The van der Waals surface area contributed by atoms with Crippen LogP contribution in [0, 0.1) is 0 Å². The van der Waals surface area contributed by atoms with Crippen molar-refractivity contribution in [2.75, 3.05) is 25.5 Å². The molecule has 7 heteroatoms. The van der Waals surface area contributed by atoms with Crippen LogP contribution in [0.2, 0.25) is 0 Å². The molecule has 1 aliphatic rings. The highest BCUT2D eigenvalue weighted by Gasteiger charge is 2.19. The fourth-order valence-electron chi connectivity index (χ4n) is 3.12. The number of para-hydroxylation sites is 1. The Morgan fingerprint density at radius 3 is 2.62 bits per heavy atom. The molecular formula is C22H23N3O3S. The third-order valence-corrected chi connectivity index (χ3v) is 4.75. The van der Waals surface area contributed by atoms with Crippen molar-refractivity contribution in [1.29, 1.82) is 0 Å². The number of rotatable bonds is 5. The van der Waals surface area contributed by atoms with Gasteiger partial charge in [-0.05, 0) is 55.4 Å². The Balaban J connectivity index is 1.57. The minimum Gasteiger partial charge on any atom is -0.496 e. The van der Waals surface area contributed by atoms with Gasteiger partial charge < -0.3 is 15.0 Å². The van der Waals surface area contributed by atoms with E-state index >= 15 is 0 Å². The van der Waals surface area contributed by atoms with E-state index in [4.69, 9.17) is 17.0 Å². The van der Waals surface area contributed by atoms with E-state index in [2.05, 4.69) is 10.6 Å². The van der Waals surface area contributed by atoms with Crippen LogP contribution in [0.4, 0.5) is 5.69 Å². The molecule has 1 fully saturated rings. The molecule has 0 saturated carbocycles. The molecule has 0 bridgehead atoms. The maximum atomic E-state index is 12.5. The molecule has 1 heterocycles. The van der Waals surface area contributed by atoms with Gasteiger partial charge in [-0.2, -0.15) is 0 Å². The lowest BCUT2D eigenvalue weighted by Crippen LogP contribution is -2.33. The molecule has 150 valence electrons. The monoisotopic (exact) mass is 409 g/mol. The minimum absolute atomic E-state index is 0.0147. The normalized spacial score (nSPS) is 13.3. The number of nitrogens with one attached hydrogen (secondary N) is 2. The number of carbonyl (C=O) groups is 2. The number of nitrogens with zero attached hydrogens (tertiary/aromatic N) is 1. The Bertz CT molecular complexity index is 936. The van der Waals surface area contributed by atoms with Crippen molar-refractivity contribution in [2.24, 2.45) is 0 Å². The highest BCUT2D eigenvalue weighted by atomic mass is 32.1. The molecule has 0 unspecified atom stereocenters. The van der Waals surface area contributed by atoms with Gasteiger partial charge in [-0.15, -0.1) is 0 Å². The Morgan fingerprint density at radius 2 is 1.86 bits per heavy atom. The van der Waals surface area contributed by atoms with Gasteiger partial charge in [0.05, 0.1) is 7.11 Å². The van der Waals surface area contributed by atoms with Crippen molar-refractivity contribution in [2.45, 2.75) is 12.8 Å². The smallest absolute Gasteiger partial charge is 0.253 e. The number of anilines is 1. The number of ether oxygens (including phenoxy) is 1. The number of thiocarbonyl (C=S) groups is 1. The van der Waals surface area contributed by atoms with Crippen molar-refractivity contribution < 1.29 is 14.3 Å². The van der Waals surface area contributed by atoms with Gasteiger partial charge in [-0.25, -0.2) is 0 Å². The van der Waals surface area contributed by atoms with Crippen molar-refractivity contribution >= 4 is 40.9 Å². The second kappa shape index (κ2) is 9.84. The van der Waals surface area contributed by atoms with Crippen LogP contribution in [0.5, 0.6) is 5.75 Å². The zero-order valence-corrected chi connectivity index (χ0v) is 17.0. The topological polar surface area (TPSA) is 70.7 Å². The molecule has 29 heavy (non-hydrogen) atoms. The first kappa shape index (κ1) is 20.5. The molecule has 0 aromatic heterocycles. The predicted octanol–water partition coefficient (Wildman–Crippen LogP) is 3.46. The Morgan fingerprint density at radius 1 is 1.10 bits per heavy atom. The summed E-state index contributed by atoms with van der Waals surface area (Å²) in [7, 11) is 1.58. The molecule has 1 saturated heterocycles. The van der Waals surface area contributed by atoms with E-state index in [1.807, 2.05) is 29.2 Å². The van der Waals surface area contributed by atoms with Crippen LogP contribution < -0.4 is 15.4 Å². The Hall–Kier alpha value is -3.19. The molecule has 0 atom stereocenters. The molecule has 0 aliphatic carbocycles. The zero-order chi connectivity index (χ0) is 20.6. The summed E-state index contributed by atoms with van der Waals surface area (Å²) in [6.07, 6.45) is 5.13. The number of methoxy groups -OCH3 is 1. The predicted molar refractivity (Wildman–Crippen MR) is 118 cm³/mol. The van der Waals surface area contributed by atoms with Gasteiger partial charge in [0.25, 0.3) is 5.91 Å². The second-order valence-corrected chi connectivity index (χ2v) is 7.01. The van der Waals surface area contributed by atoms with Gasteiger partial charge in [-0.1, -0.05) is 24.3 Å². The summed E-state index contributed by atoms with van der Waals surface area (Å²) in [4.78, 5) is 26.5. The van der Waals surface area contributed by atoms with E-state index < -0.39 is 0 Å². The summed E-state index contributed by atoms with van der Waals surface area (Å²) < 4.78 is 5.25. The fourth-order valence-corrected chi connectivity index (χ4v) is 3.34. The van der Waals surface area contributed by atoms with E-state index in [0.717, 1.165) is 31.5 Å². The van der Waals surface area contributed by atoms with Gasteiger partial charge in [-0.3, -0.25) is 14.9 Å². The van der Waals surface area contributed by atoms with E-state index in [9.17, 15) is 9.59 Å². The average Bonchev–Trinajstić information content (AvgIpc) is 3.27. The van der Waals surface area contributed by atoms with E-state index in [1.165, 1.54) is 6.08 Å². The molecule has 3 rings (SSSR count). The maximum Gasteiger partial charge on any atom is 0.253 e. The van der Waals surface area contributed by atoms with E-state index in [0.29, 0.717) is 17.0 Å². The lowest BCUT2D eigenvalue weighted by Gasteiger charge is -2.16. The standard InChI is InChI=1S/C22H23N3O3S/c1-28-19-10-3-2-7-16(19)11-12-20(26)24-22(29)23-18-9-6-8-17(15-18)21(27)25-13-4-5-14-25/h2-3,6-12,15H,4-5,13-14H2,1H3,(H2,23,24,26,29)/b12-11+. The first-order valence-electron chi connectivity index (χ1n) is 9.39. The molecule has 6 nitrogen and oxygen atoms in total. The molecule has 0 radical (unpaired) electrons. The fraction of sp³-hybridized carbons (Fsp3) is 0.227. The first-order valence-corrected chi connectivity index (χ1v) is 9.80. The van der Waals surface area contributed by atoms with Crippen LogP contribution in [0.15, 0.2) is 54.6 Å². The maximum absolute atomic E-state index is 12.5. The van der Waals surface area contributed by atoms with Crippen LogP contribution in [0.1, 0.15) is 28.8 Å². The summed E-state index contributed by atoms with van der Waals surface area (Å²) in [5.74, 6) is 0.329. The summed E-state index contributed by atoms with van der Waals surface area (Å²) in [5, 5.41) is 5.71. The number of hydrogen-bond acceptors (Lipinski definition) is 4. The summed E-state index contributed by atoms with van der Waals surface area (Å²) in [5.41, 5.74) is 2.04. The Kier molecular flexibility index (Phi) is 6.97. The molecule has 2 aromatic rings. The molecular weight excluding hydrogens is 386 g/mol. The third kappa shape index (κ3) is 5.65. The number of benzene rings is 2.